The zero-order chi connectivity index (χ0) is 26.1. The van der Waals surface area contributed by atoms with E-state index in [1.165, 1.54) is 40.9 Å². The van der Waals surface area contributed by atoms with Gasteiger partial charge in [0.2, 0.25) is 5.91 Å². The van der Waals surface area contributed by atoms with Crippen molar-refractivity contribution < 1.29 is 34.3 Å². The summed E-state index contributed by atoms with van der Waals surface area (Å²) in [5.41, 5.74) is 0.629. The number of amides is 2. The van der Waals surface area contributed by atoms with Crippen molar-refractivity contribution in [2.75, 3.05) is 12.3 Å². The van der Waals surface area contributed by atoms with Crippen LogP contribution >= 0.6 is 23.5 Å². The number of hydrogen-bond acceptors (Lipinski definition) is 9. The third-order valence-corrected chi connectivity index (χ3v) is 9.79. The van der Waals surface area contributed by atoms with Gasteiger partial charge in [0.25, 0.3) is 5.69 Å². The molecule has 36 heavy (non-hydrogen) atoms. The normalized spacial score (nSPS) is 27.9. The third-order valence-electron chi connectivity index (χ3n) is 6.64. The first-order chi connectivity index (χ1) is 17.1. The minimum atomic E-state index is -1.14. The number of fused-ring (bicyclic) bond motifs is 1. The van der Waals surface area contributed by atoms with E-state index in [9.17, 15) is 34.7 Å². The Kier molecular flexibility index (Phi) is 7.81. The Labute approximate surface area is 215 Å². The molecule has 6 atom stereocenters. The van der Waals surface area contributed by atoms with Crippen molar-refractivity contribution in [2.45, 2.75) is 49.5 Å². The molecule has 3 heterocycles. The number of nitro benzene ring substituents is 1. The number of nitro groups is 1. The molecular weight excluding hydrogens is 510 g/mol. The summed E-state index contributed by atoms with van der Waals surface area (Å²) in [5, 5.41) is 33.5. The van der Waals surface area contributed by atoms with Crippen LogP contribution in [0.1, 0.15) is 25.8 Å². The molecule has 2 saturated heterocycles. The van der Waals surface area contributed by atoms with Crippen LogP contribution < -0.4 is 5.32 Å². The van der Waals surface area contributed by atoms with E-state index in [-0.39, 0.29) is 46.4 Å². The number of carboxylic acids is 1. The summed E-state index contributed by atoms with van der Waals surface area (Å²) < 4.78 is 5.18. The van der Waals surface area contributed by atoms with Crippen LogP contribution in [0.2, 0.25) is 0 Å². The number of nitrogens with zero attached hydrogens (tertiary/aromatic N) is 2. The molecule has 2 amide bonds. The van der Waals surface area contributed by atoms with E-state index >= 15 is 0 Å². The lowest BCUT2D eigenvalue weighted by molar-refractivity contribution is -0.384. The maximum Gasteiger partial charge on any atom is 0.407 e. The maximum atomic E-state index is 12.5. The van der Waals surface area contributed by atoms with E-state index in [0.717, 1.165) is 12.2 Å². The van der Waals surface area contributed by atoms with Crippen LogP contribution in [0.3, 0.4) is 0 Å². The van der Waals surface area contributed by atoms with Crippen molar-refractivity contribution in [2.24, 2.45) is 11.8 Å². The Morgan fingerprint density at radius 1 is 1.36 bits per heavy atom. The topological polar surface area (TPSA) is 159 Å². The number of aliphatic hydroxyl groups excluding tert-OH is 1. The van der Waals surface area contributed by atoms with Crippen molar-refractivity contribution >= 4 is 47.2 Å². The first kappa shape index (κ1) is 26.3. The van der Waals surface area contributed by atoms with Gasteiger partial charge in [-0.15, -0.1) is 11.8 Å². The second kappa shape index (κ2) is 10.7. The van der Waals surface area contributed by atoms with Gasteiger partial charge < -0.3 is 25.2 Å². The van der Waals surface area contributed by atoms with Gasteiger partial charge in [0.15, 0.2) is 0 Å². The van der Waals surface area contributed by atoms with Gasteiger partial charge in [0, 0.05) is 45.8 Å². The van der Waals surface area contributed by atoms with Crippen molar-refractivity contribution in [3.8, 4) is 0 Å². The molecule has 0 radical (unpaired) electrons. The largest absolute Gasteiger partial charge is 0.477 e. The number of hydrogen-bond donors (Lipinski definition) is 3. The highest BCUT2D eigenvalue weighted by Crippen LogP contribution is 2.52. The lowest BCUT2D eigenvalue weighted by Gasteiger charge is -2.46. The van der Waals surface area contributed by atoms with Crippen LogP contribution in [0.25, 0.3) is 0 Å². The minimum Gasteiger partial charge on any atom is -0.477 e. The highest BCUT2D eigenvalue weighted by molar-refractivity contribution is 8.06. The summed E-state index contributed by atoms with van der Waals surface area (Å²) in [7, 11) is 0. The molecule has 3 N–H and O–H groups in total. The Morgan fingerprint density at radius 2 is 2.06 bits per heavy atom. The van der Waals surface area contributed by atoms with Crippen LogP contribution in [0.4, 0.5) is 10.5 Å². The van der Waals surface area contributed by atoms with Crippen molar-refractivity contribution in [3.63, 3.8) is 0 Å². The molecule has 1 aromatic carbocycles. The molecule has 0 saturated carbocycles. The number of rotatable bonds is 9. The Balaban J connectivity index is 1.26. The molecule has 0 bridgehead atoms. The maximum absolute atomic E-state index is 12.5. The fourth-order valence-electron chi connectivity index (χ4n) is 4.87. The number of ether oxygens (including phenoxy) is 1. The quantitative estimate of drug-likeness (QED) is 0.243. The number of nitrogens with one attached hydrogen (secondary N) is 1. The molecular formula is C23H27N3O8S2. The zero-order valence-corrected chi connectivity index (χ0v) is 21.3. The molecule has 0 spiro atoms. The van der Waals surface area contributed by atoms with Gasteiger partial charge in [-0.05, 0) is 31.0 Å². The van der Waals surface area contributed by atoms with Gasteiger partial charge in [-0.3, -0.25) is 14.9 Å². The summed E-state index contributed by atoms with van der Waals surface area (Å²) in [6.07, 6.45) is -0.671. The van der Waals surface area contributed by atoms with E-state index in [1.54, 1.807) is 18.7 Å². The predicted octanol–water partition coefficient (Wildman–Crippen LogP) is 2.58. The molecule has 0 aromatic heterocycles. The zero-order valence-electron chi connectivity index (χ0n) is 19.7. The molecule has 194 valence electrons. The Bertz CT molecular complexity index is 1090. The number of carbonyl (C=O) groups excluding carboxylic acids is 2. The van der Waals surface area contributed by atoms with Crippen LogP contribution in [-0.4, -0.2) is 72.9 Å². The fraction of sp³-hybridized carbons (Fsp3) is 0.522. The lowest BCUT2D eigenvalue weighted by atomic mass is 9.79. The van der Waals surface area contributed by atoms with Gasteiger partial charge in [-0.1, -0.05) is 6.92 Å². The number of thioether (sulfide) groups is 2. The summed E-state index contributed by atoms with van der Waals surface area (Å²) in [4.78, 5) is 48.7. The van der Waals surface area contributed by atoms with Crippen LogP contribution in [0.15, 0.2) is 34.9 Å². The molecule has 11 nitrogen and oxygen atoms in total. The average molecular weight is 538 g/mol. The fourth-order valence-corrected chi connectivity index (χ4v) is 8.03. The molecule has 2 unspecified atom stereocenters. The second-order valence-electron chi connectivity index (χ2n) is 9.08. The Morgan fingerprint density at radius 3 is 2.67 bits per heavy atom. The van der Waals surface area contributed by atoms with Gasteiger partial charge >= 0.3 is 12.1 Å². The van der Waals surface area contributed by atoms with E-state index in [0.29, 0.717) is 17.0 Å². The molecule has 1 aromatic rings. The summed E-state index contributed by atoms with van der Waals surface area (Å²) in [6.45, 7) is 3.84. The van der Waals surface area contributed by atoms with Crippen LogP contribution in [0.5, 0.6) is 0 Å². The molecule has 3 aliphatic rings. The minimum absolute atomic E-state index is 0.00599. The highest BCUT2D eigenvalue weighted by Gasteiger charge is 2.60. The lowest BCUT2D eigenvalue weighted by Crippen LogP contribution is -2.63. The standard InChI is InChI=1S/C23H27N3O8S2/c1-11-18-17(12(2)27)21(28)25(18)19(22(29)30)20(11)36-16-7-15(35-10-16)8-24-23(31)34-9-13-3-5-14(6-4-13)26(32)33/h3-6,11-12,15-18,27H,7-10H2,1-2H3,(H,24,31)(H,29,30)/t11-,12?,15?,16-,17+,18-/m1/s1. The Hall–Kier alpha value is -2.77. The SMILES string of the molecule is CC(O)[C@@H]1C(=O)N2C(C(=O)O)=C(S[C@H]3CSC(CNC(=O)OCc4ccc([N+](=O)[O-])cc4)C3)[C@H](C)[C@H]12. The monoisotopic (exact) mass is 537 g/mol. The molecule has 0 aliphatic carbocycles. The molecule has 13 heteroatoms. The van der Waals surface area contributed by atoms with Gasteiger partial charge in [-0.2, -0.15) is 11.8 Å². The number of non-ortho nitro benzene ring substituents is 1. The summed E-state index contributed by atoms with van der Waals surface area (Å²) in [6, 6.07) is 5.43. The number of aliphatic carboxylic acids is 1. The number of β-lactam (4-membered cyclic amide) rings is 1. The molecule has 2 fully saturated rings. The second-order valence-corrected chi connectivity index (χ2v) is 11.8. The van der Waals surface area contributed by atoms with E-state index in [2.05, 4.69) is 5.32 Å². The molecule has 3 aliphatic heterocycles. The predicted molar refractivity (Wildman–Crippen MR) is 133 cm³/mol. The number of aliphatic hydroxyl groups is 1. The number of benzene rings is 1. The van der Waals surface area contributed by atoms with Crippen LogP contribution in [0, 0.1) is 22.0 Å². The first-order valence-corrected chi connectivity index (χ1v) is 13.4. The van der Waals surface area contributed by atoms with Gasteiger partial charge in [-0.25, -0.2) is 9.59 Å². The summed E-state index contributed by atoms with van der Waals surface area (Å²) >= 11 is 3.17. The van der Waals surface area contributed by atoms with E-state index in [4.69, 9.17) is 4.74 Å². The van der Waals surface area contributed by atoms with Gasteiger partial charge in [0.05, 0.1) is 23.0 Å². The van der Waals surface area contributed by atoms with Gasteiger partial charge in [0.1, 0.15) is 12.3 Å². The third kappa shape index (κ3) is 5.18. The first-order valence-electron chi connectivity index (χ1n) is 11.5. The average Bonchev–Trinajstić information content (AvgIpc) is 3.37. The van der Waals surface area contributed by atoms with Crippen molar-refractivity contribution in [1.29, 1.82) is 0 Å². The van der Waals surface area contributed by atoms with E-state index < -0.39 is 29.0 Å². The smallest absolute Gasteiger partial charge is 0.407 e. The molecule has 4 rings (SSSR count). The number of carbonyl (C=O) groups is 3. The number of alkyl carbamates (subject to hydrolysis) is 1. The summed E-state index contributed by atoms with van der Waals surface area (Å²) in [5.74, 6) is -1.46. The number of carboxylic acid groups (broad SMARTS) is 1. The highest BCUT2D eigenvalue weighted by atomic mass is 32.2. The van der Waals surface area contributed by atoms with Crippen LogP contribution in [-0.2, 0) is 20.9 Å². The van der Waals surface area contributed by atoms with Crippen molar-refractivity contribution in [3.05, 3.63) is 50.5 Å². The van der Waals surface area contributed by atoms with Crippen molar-refractivity contribution in [1.82, 2.24) is 10.2 Å². The van der Waals surface area contributed by atoms with E-state index in [1.807, 2.05) is 6.92 Å².